The molecule has 1 aromatic heterocycles. The second kappa shape index (κ2) is 8.11. The van der Waals surface area contributed by atoms with E-state index in [1.807, 2.05) is 0 Å². The van der Waals surface area contributed by atoms with Gasteiger partial charge in [0.1, 0.15) is 18.2 Å². The van der Waals surface area contributed by atoms with Gasteiger partial charge in [-0.05, 0) is 19.9 Å². The van der Waals surface area contributed by atoms with Crippen molar-refractivity contribution in [3.05, 3.63) is 11.9 Å². The number of rotatable bonds is 8. The van der Waals surface area contributed by atoms with E-state index in [9.17, 15) is 0 Å². The van der Waals surface area contributed by atoms with E-state index in [0.29, 0.717) is 18.2 Å². The fourth-order valence-corrected chi connectivity index (χ4v) is 2.74. The number of likely N-dealkylation sites (N-methyl/N-ethyl adjacent to an activating group) is 1. The van der Waals surface area contributed by atoms with Crippen molar-refractivity contribution in [3.63, 3.8) is 0 Å². The number of nitrogen functional groups attached to an aromatic ring is 1. The summed E-state index contributed by atoms with van der Waals surface area (Å²) in [4.78, 5) is 11.1. The Labute approximate surface area is 126 Å². The Morgan fingerprint density at radius 1 is 1.33 bits per heavy atom. The molecule has 0 bridgehead atoms. The lowest BCUT2D eigenvalue weighted by atomic mass is 10.2. The molecule has 0 saturated heterocycles. The third-order valence-corrected chi connectivity index (χ3v) is 3.91. The zero-order valence-corrected chi connectivity index (χ0v) is 12.9. The first-order valence-corrected chi connectivity index (χ1v) is 7.50. The van der Waals surface area contributed by atoms with Crippen LogP contribution >= 0.6 is 0 Å². The van der Waals surface area contributed by atoms with Crippen molar-refractivity contribution in [3.8, 4) is 0 Å². The fourth-order valence-electron chi connectivity index (χ4n) is 2.74. The van der Waals surface area contributed by atoms with Crippen molar-refractivity contribution in [2.45, 2.75) is 38.3 Å². The van der Waals surface area contributed by atoms with Gasteiger partial charge in [-0.25, -0.2) is 15.8 Å². The standard InChI is InChI=1S/C14H26N6O/c1-20(11-5-3-4-6-11)8-7-16-12-9-13(19-15)18-14(17-12)10-21-2/h9,11H,3-8,10,15H2,1-2H3,(H2,16,17,18,19). The number of hydrogen-bond donors (Lipinski definition) is 3. The van der Waals surface area contributed by atoms with Gasteiger partial charge >= 0.3 is 0 Å². The number of ether oxygens (including phenoxy) is 1. The van der Waals surface area contributed by atoms with Crippen LogP contribution in [0.3, 0.4) is 0 Å². The summed E-state index contributed by atoms with van der Waals surface area (Å²) in [5.41, 5.74) is 2.55. The first-order chi connectivity index (χ1) is 10.2. The summed E-state index contributed by atoms with van der Waals surface area (Å²) in [6, 6.07) is 2.54. The van der Waals surface area contributed by atoms with Crippen molar-refractivity contribution in [1.82, 2.24) is 14.9 Å². The van der Waals surface area contributed by atoms with Crippen LogP contribution in [0.2, 0.25) is 0 Å². The van der Waals surface area contributed by atoms with Crippen molar-refractivity contribution >= 4 is 11.6 Å². The lowest BCUT2D eigenvalue weighted by Gasteiger charge is -2.24. The minimum Gasteiger partial charge on any atom is -0.377 e. The van der Waals surface area contributed by atoms with E-state index in [0.717, 1.165) is 24.9 Å². The molecule has 1 fully saturated rings. The lowest BCUT2D eigenvalue weighted by molar-refractivity contribution is 0.178. The molecule has 7 heteroatoms. The van der Waals surface area contributed by atoms with E-state index in [1.54, 1.807) is 13.2 Å². The Balaban J connectivity index is 1.85. The van der Waals surface area contributed by atoms with Gasteiger partial charge in [0.25, 0.3) is 0 Å². The van der Waals surface area contributed by atoms with Crippen molar-refractivity contribution in [1.29, 1.82) is 0 Å². The molecule has 7 nitrogen and oxygen atoms in total. The highest BCUT2D eigenvalue weighted by Gasteiger charge is 2.18. The van der Waals surface area contributed by atoms with E-state index in [1.165, 1.54) is 25.7 Å². The second-order valence-corrected chi connectivity index (χ2v) is 5.48. The summed E-state index contributed by atoms with van der Waals surface area (Å²) in [5.74, 6) is 7.39. The van der Waals surface area contributed by atoms with Crippen LogP contribution in [0, 0.1) is 0 Å². The SMILES string of the molecule is COCc1nc(NN)cc(NCCN(C)C2CCCC2)n1. The number of hydrazine groups is 1. The quantitative estimate of drug-likeness (QED) is 0.490. The number of nitrogens with two attached hydrogens (primary N) is 1. The topological polar surface area (TPSA) is 88.3 Å². The van der Waals surface area contributed by atoms with E-state index >= 15 is 0 Å². The summed E-state index contributed by atoms with van der Waals surface area (Å²) < 4.78 is 5.06. The summed E-state index contributed by atoms with van der Waals surface area (Å²) >= 11 is 0. The number of nitrogens with one attached hydrogen (secondary N) is 2. The van der Waals surface area contributed by atoms with Crippen LogP contribution < -0.4 is 16.6 Å². The summed E-state index contributed by atoms with van der Waals surface area (Å²) in [6.45, 7) is 2.21. The maximum atomic E-state index is 5.43. The summed E-state index contributed by atoms with van der Waals surface area (Å²) in [7, 11) is 3.82. The molecule has 4 N–H and O–H groups in total. The summed E-state index contributed by atoms with van der Waals surface area (Å²) in [6.07, 6.45) is 5.37. The average molecular weight is 294 g/mol. The van der Waals surface area contributed by atoms with Crippen molar-refractivity contribution < 1.29 is 4.74 Å². The van der Waals surface area contributed by atoms with E-state index in [4.69, 9.17) is 10.6 Å². The zero-order chi connectivity index (χ0) is 15.1. The van der Waals surface area contributed by atoms with Crippen molar-refractivity contribution in [2.24, 2.45) is 5.84 Å². The van der Waals surface area contributed by atoms with E-state index in [2.05, 4.69) is 32.7 Å². The van der Waals surface area contributed by atoms with E-state index in [-0.39, 0.29) is 0 Å². The molecule has 0 radical (unpaired) electrons. The average Bonchev–Trinajstić information content (AvgIpc) is 3.01. The summed E-state index contributed by atoms with van der Waals surface area (Å²) in [5, 5.41) is 3.33. The molecule has 2 rings (SSSR count). The van der Waals surface area contributed by atoms with Crippen LogP contribution in [0.15, 0.2) is 6.07 Å². The van der Waals surface area contributed by atoms with Crippen LogP contribution in [0.25, 0.3) is 0 Å². The third kappa shape index (κ3) is 4.80. The molecule has 21 heavy (non-hydrogen) atoms. The Morgan fingerprint density at radius 3 is 2.71 bits per heavy atom. The first kappa shape index (κ1) is 15.9. The van der Waals surface area contributed by atoms with Gasteiger partial charge in [-0.3, -0.25) is 0 Å². The van der Waals surface area contributed by atoms with Crippen LogP contribution in [0.5, 0.6) is 0 Å². The van der Waals surface area contributed by atoms with Gasteiger partial charge in [0.15, 0.2) is 5.82 Å². The van der Waals surface area contributed by atoms with E-state index < -0.39 is 0 Å². The van der Waals surface area contributed by atoms with Gasteiger partial charge in [-0.15, -0.1) is 0 Å². The molecule has 0 aromatic carbocycles. The molecule has 1 aliphatic rings. The Bertz CT molecular complexity index is 435. The predicted octanol–water partition coefficient (Wildman–Crippen LogP) is 1.19. The van der Waals surface area contributed by atoms with Crippen molar-refractivity contribution in [2.75, 3.05) is 38.0 Å². The van der Waals surface area contributed by atoms with Gasteiger partial charge in [-0.2, -0.15) is 0 Å². The molecule has 1 heterocycles. The number of anilines is 2. The molecule has 1 aliphatic carbocycles. The lowest BCUT2D eigenvalue weighted by Crippen LogP contribution is -2.33. The van der Waals surface area contributed by atoms with Gasteiger partial charge in [0, 0.05) is 32.3 Å². The second-order valence-electron chi connectivity index (χ2n) is 5.48. The Morgan fingerprint density at radius 2 is 2.05 bits per heavy atom. The molecule has 0 spiro atoms. The van der Waals surface area contributed by atoms with Gasteiger partial charge in [0.2, 0.25) is 0 Å². The Hall–Kier alpha value is -1.44. The number of aromatic nitrogens is 2. The normalized spacial score (nSPS) is 15.6. The fraction of sp³-hybridized carbons (Fsp3) is 0.714. The van der Waals surface area contributed by atoms with Crippen LogP contribution in [0.4, 0.5) is 11.6 Å². The van der Waals surface area contributed by atoms with Crippen LogP contribution in [-0.2, 0) is 11.3 Å². The number of nitrogens with zero attached hydrogens (tertiary/aromatic N) is 3. The third-order valence-electron chi connectivity index (χ3n) is 3.91. The molecule has 0 unspecified atom stereocenters. The molecule has 0 amide bonds. The largest absolute Gasteiger partial charge is 0.377 e. The molecular formula is C14H26N6O. The minimum absolute atomic E-state index is 0.367. The molecule has 1 aromatic rings. The van der Waals surface area contributed by atoms with Gasteiger partial charge in [-0.1, -0.05) is 12.8 Å². The van der Waals surface area contributed by atoms with Crippen LogP contribution in [-0.4, -0.2) is 48.2 Å². The number of hydrogen-bond acceptors (Lipinski definition) is 7. The molecule has 0 atom stereocenters. The monoisotopic (exact) mass is 294 g/mol. The van der Waals surface area contributed by atoms with Crippen LogP contribution in [0.1, 0.15) is 31.5 Å². The van der Waals surface area contributed by atoms with Gasteiger partial charge < -0.3 is 20.4 Å². The molecular weight excluding hydrogens is 268 g/mol. The maximum Gasteiger partial charge on any atom is 0.158 e. The van der Waals surface area contributed by atoms with Gasteiger partial charge in [0.05, 0.1) is 0 Å². The highest BCUT2D eigenvalue weighted by Crippen LogP contribution is 2.22. The maximum absolute atomic E-state index is 5.43. The minimum atomic E-state index is 0.367. The molecule has 0 aliphatic heterocycles. The first-order valence-electron chi connectivity index (χ1n) is 7.50. The molecule has 118 valence electrons. The highest BCUT2D eigenvalue weighted by atomic mass is 16.5. The highest BCUT2D eigenvalue weighted by molar-refractivity contribution is 5.46. The Kier molecular flexibility index (Phi) is 6.16. The number of methoxy groups -OCH3 is 1. The molecule has 1 saturated carbocycles. The zero-order valence-electron chi connectivity index (χ0n) is 12.9. The predicted molar refractivity (Wildman–Crippen MR) is 83.9 cm³/mol. The smallest absolute Gasteiger partial charge is 0.158 e.